The minimum atomic E-state index is -1.73. The Morgan fingerprint density at radius 1 is 0.731 bits per heavy atom. The van der Waals surface area contributed by atoms with Gasteiger partial charge in [0.15, 0.2) is 0 Å². The number of fused-ring (bicyclic) bond motifs is 3. The molecule has 0 bridgehead atoms. The molecule has 0 aromatic heterocycles. The maximum Gasteiger partial charge on any atom is 0.124 e. The van der Waals surface area contributed by atoms with Crippen LogP contribution in [0.3, 0.4) is 0 Å². The molecular weight excluding hydrogens is 330 g/mol. The third-order valence-corrected chi connectivity index (χ3v) is 10.4. The number of rotatable bonds is 4. The first-order valence-corrected chi connectivity index (χ1v) is 13.0. The molecule has 0 radical (unpaired) electrons. The summed E-state index contributed by atoms with van der Waals surface area (Å²) in [7, 11) is -1.73. The van der Waals surface area contributed by atoms with Crippen molar-refractivity contribution in [2.75, 3.05) is 0 Å². The van der Waals surface area contributed by atoms with E-state index in [1.807, 2.05) is 0 Å². The molecule has 4 rings (SSSR count). The first-order valence-electron chi connectivity index (χ1n) is 9.95. The molecule has 136 valence electrons. The Kier molecular flexibility index (Phi) is 4.44. The first kappa shape index (κ1) is 17.8. The smallest absolute Gasteiger partial charge is 0.124 e. The molecule has 2 heteroatoms. The minimum Gasteiger partial charge on any atom is -0.329 e. The molecule has 26 heavy (non-hydrogen) atoms. The lowest BCUT2D eigenvalue weighted by molar-refractivity contribution is 0.461. The van der Waals surface area contributed by atoms with Crippen molar-refractivity contribution in [1.29, 1.82) is 0 Å². The van der Waals surface area contributed by atoms with E-state index in [-0.39, 0.29) is 5.54 Å². The largest absolute Gasteiger partial charge is 0.329 e. The van der Waals surface area contributed by atoms with Crippen molar-refractivity contribution in [3.8, 4) is 0 Å². The summed E-state index contributed by atoms with van der Waals surface area (Å²) in [6.45, 7) is 9.77. The highest BCUT2D eigenvalue weighted by Crippen LogP contribution is 2.57. The Hall–Kier alpha value is -1.64. The third kappa shape index (κ3) is 2.99. The fourth-order valence-electron chi connectivity index (χ4n) is 5.81. The predicted molar refractivity (Wildman–Crippen MR) is 114 cm³/mol. The second-order valence-electron chi connectivity index (χ2n) is 9.21. The summed E-state index contributed by atoms with van der Waals surface area (Å²) in [6.07, 6.45) is 18.9. The van der Waals surface area contributed by atoms with Gasteiger partial charge in [-0.1, -0.05) is 92.0 Å². The van der Waals surface area contributed by atoms with Crippen molar-refractivity contribution in [1.82, 2.24) is 4.98 Å². The Bertz CT molecular complexity index is 735. The van der Waals surface area contributed by atoms with Crippen molar-refractivity contribution in [2.45, 2.75) is 38.0 Å². The minimum absolute atomic E-state index is 0.00694. The molecule has 1 aromatic rings. The molecule has 3 aliphatic rings. The average Bonchev–Trinajstić information content (AvgIpc) is 2.97. The van der Waals surface area contributed by atoms with Crippen molar-refractivity contribution in [2.24, 2.45) is 23.7 Å². The van der Waals surface area contributed by atoms with E-state index in [2.05, 4.69) is 111 Å². The van der Waals surface area contributed by atoms with E-state index in [0.717, 1.165) is 0 Å². The van der Waals surface area contributed by atoms with Gasteiger partial charge in [-0.15, -0.1) is 0 Å². The summed E-state index contributed by atoms with van der Waals surface area (Å²) in [5.41, 5.74) is 2.08. The molecule has 1 aromatic carbocycles. The van der Waals surface area contributed by atoms with Crippen LogP contribution < -0.4 is 4.98 Å². The lowest BCUT2D eigenvalue weighted by Crippen LogP contribution is -2.58. The third-order valence-electron chi connectivity index (χ3n) is 6.68. The van der Waals surface area contributed by atoms with Gasteiger partial charge in [0.1, 0.15) is 8.24 Å². The highest BCUT2D eigenvalue weighted by molar-refractivity contribution is 6.76. The van der Waals surface area contributed by atoms with Crippen LogP contribution in [0.25, 0.3) is 0 Å². The van der Waals surface area contributed by atoms with Crippen LogP contribution in [0.5, 0.6) is 0 Å². The quantitative estimate of drug-likeness (QED) is 0.667. The van der Waals surface area contributed by atoms with Gasteiger partial charge in [0, 0.05) is 5.54 Å². The van der Waals surface area contributed by atoms with Crippen molar-refractivity contribution >= 4 is 8.24 Å². The van der Waals surface area contributed by atoms with E-state index in [1.165, 1.54) is 5.56 Å². The van der Waals surface area contributed by atoms with E-state index < -0.39 is 8.24 Å². The maximum absolute atomic E-state index is 4.18. The van der Waals surface area contributed by atoms with Crippen LogP contribution >= 0.6 is 0 Å². The van der Waals surface area contributed by atoms with Crippen molar-refractivity contribution < 1.29 is 0 Å². The van der Waals surface area contributed by atoms with Gasteiger partial charge in [-0.2, -0.15) is 0 Å². The van der Waals surface area contributed by atoms with Gasteiger partial charge in [-0.25, -0.2) is 0 Å². The Labute approximate surface area is 159 Å². The zero-order valence-corrected chi connectivity index (χ0v) is 17.4. The van der Waals surface area contributed by atoms with Gasteiger partial charge in [0.25, 0.3) is 0 Å². The van der Waals surface area contributed by atoms with Gasteiger partial charge in [0.05, 0.1) is 0 Å². The van der Waals surface area contributed by atoms with Crippen LogP contribution in [0.15, 0.2) is 78.9 Å². The summed E-state index contributed by atoms with van der Waals surface area (Å²) < 4.78 is 0. The van der Waals surface area contributed by atoms with Gasteiger partial charge >= 0.3 is 0 Å². The van der Waals surface area contributed by atoms with Crippen molar-refractivity contribution in [3.63, 3.8) is 0 Å². The summed E-state index contributed by atoms with van der Waals surface area (Å²) >= 11 is 0. The number of allylic oxidation sites excluding steroid dienone is 8. The maximum atomic E-state index is 4.18. The molecule has 1 nitrogen and oxygen atoms in total. The topological polar surface area (TPSA) is 12.0 Å². The number of hydrogen-bond acceptors (Lipinski definition) is 1. The van der Waals surface area contributed by atoms with E-state index in [1.54, 1.807) is 0 Å². The van der Waals surface area contributed by atoms with Crippen LogP contribution in [0, 0.1) is 23.7 Å². The highest BCUT2D eigenvalue weighted by atomic mass is 28.3. The van der Waals surface area contributed by atoms with E-state index in [0.29, 0.717) is 29.2 Å². The summed E-state index contributed by atoms with van der Waals surface area (Å²) in [6, 6.07) is 10.9. The monoisotopic (exact) mass is 361 g/mol. The average molecular weight is 362 g/mol. The predicted octanol–water partition coefficient (Wildman–Crippen LogP) is 5.82. The molecule has 4 unspecified atom stereocenters. The second-order valence-corrected chi connectivity index (χ2v) is 13.6. The molecular formula is C24H31NSi. The fraction of sp³-hybridized carbons (Fsp3) is 0.417. The van der Waals surface area contributed by atoms with E-state index in [4.69, 9.17) is 0 Å². The van der Waals surface area contributed by atoms with Crippen LogP contribution in [0.4, 0.5) is 0 Å². The number of hydrogen-bond donors (Lipinski definition) is 1. The normalized spacial score (nSPS) is 32.5. The SMILES string of the molecule is CC(C)(N[Si](C)(C)C1C2C=CC=CC2C2C=CC=CC21)c1ccccc1. The molecule has 0 saturated heterocycles. The first-order chi connectivity index (χ1) is 12.4. The van der Waals surface area contributed by atoms with Gasteiger partial charge in [-0.3, -0.25) is 0 Å². The molecule has 3 aliphatic carbocycles. The van der Waals surface area contributed by atoms with Crippen molar-refractivity contribution in [3.05, 3.63) is 84.5 Å². The summed E-state index contributed by atoms with van der Waals surface area (Å²) in [5, 5.41) is 0. The van der Waals surface area contributed by atoms with Gasteiger partial charge < -0.3 is 4.98 Å². The van der Waals surface area contributed by atoms with Gasteiger partial charge in [0.2, 0.25) is 0 Å². The number of benzene rings is 1. The molecule has 1 N–H and O–H groups in total. The highest BCUT2D eigenvalue weighted by Gasteiger charge is 2.54. The number of nitrogens with one attached hydrogen (secondary N) is 1. The molecule has 1 saturated carbocycles. The van der Waals surface area contributed by atoms with E-state index in [9.17, 15) is 0 Å². The lowest BCUT2D eigenvalue weighted by atomic mass is 9.83. The van der Waals surface area contributed by atoms with Crippen LogP contribution in [0.2, 0.25) is 18.6 Å². The van der Waals surface area contributed by atoms with E-state index >= 15 is 0 Å². The standard InChI is InChI=1S/C24H31NSi/c1-24(2,18-12-6-5-7-13-18)25-26(3,4)23-21-16-10-8-14-19(21)20-15-9-11-17-22(20)23/h5-17,19-23,25H,1-4H3. The molecule has 0 spiro atoms. The molecule has 0 aliphatic heterocycles. The van der Waals surface area contributed by atoms with Crippen LogP contribution in [0.1, 0.15) is 19.4 Å². The molecule has 0 amide bonds. The Morgan fingerprint density at radius 3 is 1.69 bits per heavy atom. The van der Waals surface area contributed by atoms with Crippen LogP contribution in [-0.2, 0) is 5.54 Å². The molecule has 1 fully saturated rings. The fourth-order valence-corrected chi connectivity index (χ4v) is 10.3. The lowest BCUT2D eigenvalue weighted by Gasteiger charge is -2.44. The zero-order chi connectivity index (χ0) is 18.4. The van der Waals surface area contributed by atoms with Crippen LogP contribution in [-0.4, -0.2) is 8.24 Å². The van der Waals surface area contributed by atoms with Gasteiger partial charge in [-0.05, 0) is 48.6 Å². The zero-order valence-electron chi connectivity index (χ0n) is 16.4. The summed E-state index contributed by atoms with van der Waals surface area (Å²) in [5.74, 6) is 2.63. The Balaban J connectivity index is 1.66. The molecule has 4 atom stereocenters. The Morgan fingerprint density at radius 2 is 1.19 bits per heavy atom. The summed E-state index contributed by atoms with van der Waals surface area (Å²) in [4.78, 5) is 4.18. The molecule has 0 heterocycles. The second kappa shape index (κ2) is 6.51.